The molecule has 8 heteroatoms. The molecular weight excluding hydrogens is 352 g/mol. The van der Waals surface area contributed by atoms with Crippen molar-refractivity contribution in [1.29, 1.82) is 0 Å². The average molecular weight is 367 g/mol. The van der Waals surface area contributed by atoms with Crippen LogP contribution in [0.25, 0.3) is 0 Å². The van der Waals surface area contributed by atoms with Gasteiger partial charge in [-0.05, 0) is 40.9 Å². The summed E-state index contributed by atoms with van der Waals surface area (Å²) in [5, 5.41) is 2.79. The number of hydrogen-bond acceptors (Lipinski definition) is 4. The molecule has 1 amide bonds. The number of nitrogens with one attached hydrogen (secondary N) is 1. The number of piperidine rings is 1. The van der Waals surface area contributed by atoms with Crippen LogP contribution in [0.2, 0.25) is 0 Å². The van der Waals surface area contributed by atoms with E-state index in [0.717, 1.165) is 16.6 Å². The second kappa shape index (κ2) is 5.90. The normalized spacial score (nSPS) is 21.3. The fourth-order valence-electron chi connectivity index (χ4n) is 2.13. The Morgan fingerprint density at radius 2 is 2.26 bits per heavy atom. The number of amides is 1. The molecule has 1 N–H and O–H groups in total. The summed E-state index contributed by atoms with van der Waals surface area (Å²) in [6.45, 7) is 2.30. The minimum absolute atomic E-state index is 0.0931. The third kappa shape index (κ3) is 3.56. The molecule has 0 bridgehead atoms. The number of halogens is 1. The quantitative estimate of drug-likeness (QED) is 0.886. The Bertz CT molecular complexity index is 570. The van der Waals surface area contributed by atoms with E-state index in [1.807, 2.05) is 0 Å². The highest BCUT2D eigenvalue weighted by Crippen LogP contribution is 2.29. The van der Waals surface area contributed by atoms with Gasteiger partial charge >= 0.3 is 0 Å². The lowest BCUT2D eigenvalue weighted by molar-refractivity contribution is -0.119. The molecule has 0 saturated carbocycles. The topological polar surface area (TPSA) is 66.5 Å². The summed E-state index contributed by atoms with van der Waals surface area (Å²) in [4.78, 5) is 11.1. The van der Waals surface area contributed by atoms with Crippen molar-refractivity contribution in [3.8, 4) is 0 Å². The highest BCUT2D eigenvalue weighted by Gasteiger charge is 2.31. The van der Waals surface area contributed by atoms with Gasteiger partial charge in [-0.1, -0.05) is 0 Å². The molecule has 1 saturated heterocycles. The first kappa shape index (κ1) is 15.0. The molecule has 0 radical (unpaired) electrons. The van der Waals surface area contributed by atoms with E-state index in [1.165, 1.54) is 22.6 Å². The van der Waals surface area contributed by atoms with Crippen molar-refractivity contribution in [1.82, 2.24) is 9.62 Å². The summed E-state index contributed by atoms with van der Waals surface area (Å²) in [5.74, 6) is -0.122. The Labute approximate surface area is 125 Å². The maximum absolute atomic E-state index is 12.4. The average Bonchev–Trinajstić information content (AvgIpc) is 2.76. The van der Waals surface area contributed by atoms with Gasteiger partial charge in [0.25, 0.3) is 10.0 Å². The lowest BCUT2D eigenvalue weighted by atomic mass is 10.1. The van der Waals surface area contributed by atoms with E-state index in [2.05, 4.69) is 21.2 Å². The van der Waals surface area contributed by atoms with E-state index in [4.69, 9.17) is 0 Å². The van der Waals surface area contributed by atoms with Crippen LogP contribution in [0.3, 0.4) is 0 Å². The van der Waals surface area contributed by atoms with Crippen molar-refractivity contribution >= 4 is 43.2 Å². The van der Waals surface area contributed by atoms with Crippen LogP contribution in [0.5, 0.6) is 0 Å². The van der Waals surface area contributed by atoms with Gasteiger partial charge in [0.15, 0.2) is 0 Å². The van der Waals surface area contributed by atoms with E-state index in [1.54, 1.807) is 12.1 Å². The van der Waals surface area contributed by atoms with Gasteiger partial charge in [-0.25, -0.2) is 8.42 Å². The fourth-order valence-corrected chi connectivity index (χ4v) is 5.82. The molecule has 2 heterocycles. The van der Waals surface area contributed by atoms with Crippen molar-refractivity contribution in [2.75, 3.05) is 13.1 Å². The van der Waals surface area contributed by atoms with Crippen LogP contribution < -0.4 is 5.32 Å². The molecule has 0 aromatic carbocycles. The third-order valence-corrected chi connectivity index (χ3v) is 6.89. The van der Waals surface area contributed by atoms with Gasteiger partial charge < -0.3 is 5.32 Å². The fraction of sp³-hybridized carbons (Fsp3) is 0.545. The molecule has 5 nitrogen and oxygen atoms in total. The van der Waals surface area contributed by atoms with Gasteiger partial charge in [-0.15, -0.1) is 11.3 Å². The predicted molar refractivity (Wildman–Crippen MR) is 77.6 cm³/mol. The molecule has 19 heavy (non-hydrogen) atoms. The summed E-state index contributed by atoms with van der Waals surface area (Å²) in [7, 11) is -3.44. The molecule has 1 aromatic rings. The number of nitrogens with zero attached hydrogens (tertiary/aromatic N) is 1. The van der Waals surface area contributed by atoms with Crippen LogP contribution in [0.1, 0.15) is 19.8 Å². The van der Waals surface area contributed by atoms with Crippen LogP contribution in [0.4, 0.5) is 0 Å². The molecule has 1 aliphatic rings. The highest BCUT2D eigenvalue weighted by molar-refractivity contribution is 9.11. The molecule has 1 fully saturated rings. The smallest absolute Gasteiger partial charge is 0.252 e. The Kier molecular flexibility index (Phi) is 4.65. The van der Waals surface area contributed by atoms with Crippen molar-refractivity contribution in [3.63, 3.8) is 0 Å². The van der Waals surface area contributed by atoms with Gasteiger partial charge in [-0.3, -0.25) is 4.79 Å². The monoisotopic (exact) mass is 366 g/mol. The lowest BCUT2D eigenvalue weighted by Crippen LogP contribution is -2.48. The zero-order valence-electron chi connectivity index (χ0n) is 10.4. The van der Waals surface area contributed by atoms with Crippen LogP contribution in [0, 0.1) is 0 Å². The van der Waals surface area contributed by atoms with E-state index in [-0.39, 0.29) is 11.9 Å². The number of rotatable bonds is 3. The molecule has 1 aliphatic heterocycles. The van der Waals surface area contributed by atoms with E-state index < -0.39 is 10.0 Å². The first-order valence-corrected chi connectivity index (χ1v) is 8.97. The van der Waals surface area contributed by atoms with Gasteiger partial charge in [0.2, 0.25) is 5.91 Å². The van der Waals surface area contributed by atoms with E-state index in [0.29, 0.717) is 17.3 Å². The number of carbonyl (C=O) groups is 1. The first-order valence-electron chi connectivity index (χ1n) is 5.92. The number of thiophene rings is 1. The molecule has 0 aliphatic carbocycles. The predicted octanol–water partition coefficient (Wildman–Crippen LogP) is 1.80. The highest BCUT2D eigenvalue weighted by atomic mass is 79.9. The van der Waals surface area contributed by atoms with E-state index in [9.17, 15) is 13.2 Å². The van der Waals surface area contributed by atoms with Gasteiger partial charge in [-0.2, -0.15) is 4.31 Å². The second-order valence-corrected chi connectivity index (χ2v) is 9.09. The van der Waals surface area contributed by atoms with Crippen molar-refractivity contribution in [2.24, 2.45) is 0 Å². The van der Waals surface area contributed by atoms with Crippen molar-refractivity contribution in [2.45, 2.75) is 30.0 Å². The Morgan fingerprint density at radius 3 is 2.84 bits per heavy atom. The van der Waals surface area contributed by atoms with Gasteiger partial charge in [0, 0.05) is 26.1 Å². The van der Waals surface area contributed by atoms with Crippen LogP contribution in [-0.4, -0.2) is 37.8 Å². The molecular formula is C11H15BrN2O3S2. The molecule has 106 valence electrons. The number of carbonyl (C=O) groups excluding carboxylic acids is 1. The van der Waals surface area contributed by atoms with Gasteiger partial charge in [0.05, 0.1) is 3.79 Å². The van der Waals surface area contributed by atoms with Crippen LogP contribution >= 0.6 is 27.3 Å². The first-order chi connectivity index (χ1) is 8.89. The molecule has 2 rings (SSSR count). The molecule has 1 aromatic heterocycles. The third-order valence-electron chi connectivity index (χ3n) is 2.93. The lowest BCUT2D eigenvalue weighted by Gasteiger charge is -2.31. The maximum Gasteiger partial charge on any atom is 0.252 e. The Balaban J connectivity index is 2.14. The summed E-state index contributed by atoms with van der Waals surface area (Å²) in [6, 6.07) is 3.24. The molecule has 1 unspecified atom stereocenters. The summed E-state index contributed by atoms with van der Waals surface area (Å²) < 4.78 is 27.5. The number of sulfonamides is 1. The second-order valence-electron chi connectivity index (χ2n) is 4.46. The minimum atomic E-state index is -3.44. The molecule has 1 atom stereocenters. The standard InChI is InChI=1S/C11H15BrN2O3S2/c1-8(15)13-9-3-2-6-14(7-9)19(16,17)11-5-4-10(12)18-11/h4-5,9H,2-3,6-7H2,1H3,(H,13,15). The SMILES string of the molecule is CC(=O)NC1CCCN(S(=O)(=O)c2ccc(Br)s2)C1. The van der Waals surface area contributed by atoms with Crippen LogP contribution in [0.15, 0.2) is 20.1 Å². The minimum Gasteiger partial charge on any atom is -0.352 e. The molecule has 0 spiro atoms. The van der Waals surface area contributed by atoms with Gasteiger partial charge in [0.1, 0.15) is 4.21 Å². The Hall–Kier alpha value is -0.440. The Morgan fingerprint density at radius 1 is 1.53 bits per heavy atom. The maximum atomic E-state index is 12.4. The summed E-state index contributed by atoms with van der Waals surface area (Å²) >= 11 is 4.47. The summed E-state index contributed by atoms with van der Waals surface area (Å²) in [5.41, 5.74) is 0. The summed E-state index contributed by atoms with van der Waals surface area (Å²) in [6.07, 6.45) is 1.58. The largest absolute Gasteiger partial charge is 0.352 e. The number of hydrogen-bond donors (Lipinski definition) is 1. The van der Waals surface area contributed by atoms with E-state index >= 15 is 0 Å². The van der Waals surface area contributed by atoms with Crippen molar-refractivity contribution < 1.29 is 13.2 Å². The zero-order chi connectivity index (χ0) is 14.0. The van der Waals surface area contributed by atoms with Crippen molar-refractivity contribution in [3.05, 3.63) is 15.9 Å². The van der Waals surface area contributed by atoms with Crippen LogP contribution in [-0.2, 0) is 14.8 Å². The zero-order valence-corrected chi connectivity index (χ0v) is 13.6.